The van der Waals surface area contributed by atoms with Gasteiger partial charge in [-0.1, -0.05) is 42.5 Å². The third-order valence-electron chi connectivity index (χ3n) is 2.16. The summed E-state index contributed by atoms with van der Waals surface area (Å²) in [6.07, 6.45) is -0.0230. The van der Waals surface area contributed by atoms with E-state index in [1.54, 1.807) is 0 Å². The summed E-state index contributed by atoms with van der Waals surface area (Å²) < 4.78 is 0. The second-order valence-electron chi connectivity index (χ2n) is 3.23. The molecule has 0 unspecified atom stereocenters. The number of fused-ring (bicyclic) bond motifs is 1. The molecule has 2 nitrogen and oxygen atoms in total. The fourth-order valence-corrected chi connectivity index (χ4v) is 1.52. The monoisotopic (exact) mass is 208 g/mol. The Labute approximate surface area is 110 Å². The molecule has 0 aliphatic rings. The molecule has 3 heteroatoms. The molecule has 2 aromatic carbocycles. The summed E-state index contributed by atoms with van der Waals surface area (Å²) in [5.74, 6) is -1.04. The molecule has 0 radical (unpaired) electrons. The quantitative estimate of drug-likeness (QED) is 0.543. The van der Waals surface area contributed by atoms with Crippen LogP contribution in [-0.2, 0) is 11.2 Å². The van der Waals surface area contributed by atoms with Crippen LogP contribution in [0.4, 0.5) is 0 Å². The van der Waals surface area contributed by atoms with Gasteiger partial charge in [-0.2, -0.15) is 0 Å². The van der Waals surface area contributed by atoms with E-state index in [2.05, 4.69) is 0 Å². The van der Waals surface area contributed by atoms with Crippen LogP contribution in [0, 0.1) is 0 Å². The molecule has 0 spiro atoms. The number of carboxylic acid groups (broad SMARTS) is 1. The number of hydrogen-bond acceptors (Lipinski definition) is 2. The molecule has 0 saturated carbocycles. The minimum atomic E-state index is -1.04. The number of benzene rings is 2. The van der Waals surface area contributed by atoms with Crippen LogP contribution in [-0.4, -0.2) is 5.97 Å². The molecule has 2 rings (SSSR count). The van der Waals surface area contributed by atoms with Crippen molar-refractivity contribution in [3.05, 3.63) is 48.0 Å². The Hall–Kier alpha value is -0.830. The second-order valence-corrected chi connectivity index (χ2v) is 3.23. The molecular formula is C12H9NaO2. The van der Waals surface area contributed by atoms with Crippen LogP contribution in [0.5, 0.6) is 0 Å². The number of rotatable bonds is 2. The average molecular weight is 208 g/mol. The zero-order valence-corrected chi connectivity index (χ0v) is 10.6. The first kappa shape index (κ1) is 12.2. The van der Waals surface area contributed by atoms with Gasteiger partial charge in [0.25, 0.3) is 0 Å². The minimum Gasteiger partial charge on any atom is -0.550 e. The predicted octanol–water partition coefficient (Wildman–Crippen LogP) is -1.86. The fourth-order valence-electron chi connectivity index (χ4n) is 1.52. The van der Waals surface area contributed by atoms with Crippen LogP contribution >= 0.6 is 0 Å². The van der Waals surface area contributed by atoms with Crippen LogP contribution in [0.15, 0.2) is 42.5 Å². The van der Waals surface area contributed by atoms with Crippen molar-refractivity contribution in [2.24, 2.45) is 0 Å². The van der Waals surface area contributed by atoms with Crippen molar-refractivity contribution >= 4 is 16.7 Å². The van der Waals surface area contributed by atoms with E-state index in [0.29, 0.717) is 0 Å². The number of aliphatic carboxylic acids is 1. The van der Waals surface area contributed by atoms with E-state index in [9.17, 15) is 9.90 Å². The second kappa shape index (κ2) is 5.31. The van der Waals surface area contributed by atoms with Crippen LogP contribution in [0.1, 0.15) is 5.56 Å². The summed E-state index contributed by atoms with van der Waals surface area (Å²) in [6.45, 7) is 0. The SMILES string of the molecule is O=C([O-])Cc1ccc2ccccc2c1.[Na+]. The zero-order chi connectivity index (χ0) is 9.97. The molecule has 0 fully saturated rings. The van der Waals surface area contributed by atoms with Gasteiger partial charge >= 0.3 is 29.6 Å². The molecular weight excluding hydrogens is 199 g/mol. The smallest absolute Gasteiger partial charge is 0.550 e. The molecule has 0 aromatic heterocycles. The number of carbonyl (C=O) groups is 1. The average Bonchev–Trinajstić information content (AvgIpc) is 2.17. The molecule has 0 amide bonds. The number of carbonyl (C=O) groups excluding carboxylic acids is 1. The standard InChI is InChI=1S/C12H10O2.Na/c13-12(14)8-9-5-6-10-3-1-2-4-11(10)7-9;/h1-7H,8H2,(H,13,14);/q;+1/p-1. The number of hydrogen-bond donors (Lipinski definition) is 0. The van der Waals surface area contributed by atoms with Gasteiger partial charge in [0.2, 0.25) is 0 Å². The Bertz CT molecular complexity index is 480. The van der Waals surface area contributed by atoms with E-state index in [-0.39, 0.29) is 36.0 Å². The van der Waals surface area contributed by atoms with Gasteiger partial charge in [-0.25, -0.2) is 0 Å². The molecule has 0 N–H and O–H groups in total. The van der Waals surface area contributed by atoms with E-state index in [1.807, 2.05) is 42.5 Å². The molecule has 2 aromatic rings. The van der Waals surface area contributed by atoms with Crippen molar-refractivity contribution in [2.45, 2.75) is 6.42 Å². The molecule has 0 heterocycles. The van der Waals surface area contributed by atoms with Crippen molar-refractivity contribution < 1.29 is 39.5 Å². The van der Waals surface area contributed by atoms with Gasteiger partial charge in [0.05, 0.1) is 0 Å². The van der Waals surface area contributed by atoms with Gasteiger partial charge in [0.1, 0.15) is 0 Å². The van der Waals surface area contributed by atoms with Crippen molar-refractivity contribution in [3.8, 4) is 0 Å². The summed E-state index contributed by atoms with van der Waals surface area (Å²) in [4.78, 5) is 10.4. The van der Waals surface area contributed by atoms with Crippen LogP contribution in [0.2, 0.25) is 0 Å². The molecule has 0 bridgehead atoms. The van der Waals surface area contributed by atoms with E-state index < -0.39 is 5.97 Å². The molecule has 0 aliphatic heterocycles. The first-order chi connectivity index (χ1) is 6.75. The van der Waals surface area contributed by atoms with Crippen molar-refractivity contribution in [2.75, 3.05) is 0 Å². The molecule has 0 atom stereocenters. The predicted molar refractivity (Wildman–Crippen MR) is 52.7 cm³/mol. The van der Waals surface area contributed by atoms with E-state index >= 15 is 0 Å². The Kier molecular flexibility index (Phi) is 4.33. The first-order valence-electron chi connectivity index (χ1n) is 4.43. The molecule has 70 valence electrons. The van der Waals surface area contributed by atoms with Crippen molar-refractivity contribution in [3.63, 3.8) is 0 Å². The minimum absolute atomic E-state index is 0. The topological polar surface area (TPSA) is 40.1 Å². The van der Waals surface area contributed by atoms with Crippen LogP contribution in [0.25, 0.3) is 10.8 Å². The Morgan fingerprint density at radius 1 is 1.07 bits per heavy atom. The largest absolute Gasteiger partial charge is 1.00 e. The van der Waals surface area contributed by atoms with E-state index in [4.69, 9.17) is 0 Å². The zero-order valence-electron chi connectivity index (χ0n) is 8.57. The number of carboxylic acids is 1. The Morgan fingerprint density at radius 3 is 2.40 bits per heavy atom. The summed E-state index contributed by atoms with van der Waals surface area (Å²) >= 11 is 0. The van der Waals surface area contributed by atoms with Gasteiger partial charge in [-0.15, -0.1) is 0 Å². The Morgan fingerprint density at radius 2 is 1.73 bits per heavy atom. The third kappa shape index (κ3) is 3.06. The van der Waals surface area contributed by atoms with Gasteiger partial charge in [-0.05, 0) is 16.3 Å². The summed E-state index contributed by atoms with van der Waals surface area (Å²) in [7, 11) is 0. The fraction of sp³-hybridized carbons (Fsp3) is 0.0833. The summed E-state index contributed by atoms with van der Waals surface area (Å²) in [5, 5.41) is 12.6. The molecule has 0 aliphatic carbocycles. The van der Waals surface area contributed by atoms with Gasteiger partial charge in [0.15, 0.2) is 0 Å². The van der Waals surface area contributed by atoms with Crippen LogP contribution < -0.4 is 34.7 Å². The maximum Gasteiger partial charge on any atom is 1.00 e. The van der Waals surface area contributed by atoms with Gasteiger partial charge in [-0.3, -0.25) is 0 Å². The molecule has 0 saturated heterocycles. The van der Waals surface area contributed by atoms with Gasteiger partial charge < -0.3 is 9.90 Å². The normalized spacial score (nSPS) is 9.60. The molecule has 15 heavy (non-hydrogen) atoms. The third-order valence-corrected chi connectivity index (χ3v) is 2.16. The maximum absolute atomic E-state index is 10.4. The van der Waals surface area contributed by atoms with Crippen molar-refractivity contribution in [1.29, 1.82) is 0 Å². The van der Waals surface area contributed by atoms with E-state index in [0.717, 1.165) is 16.3 Å². The van der Waals surface area contributed by atoms with Crippen LogP contribution in [0.3, 0.4) is 0 Å². The maximum atomic E-state index is 10.4. The van der Waals surface area contributed by atoms with E-state index in [1.165, 1.54) is 0 Å². The Balaban J connectivity index is 0.00000112. The summed E-state index contributed by atoms with van der Waals surface area (Å²) in [5.41, 5.74) is 0.781. The van der Waals surface area contributed by atoms with Crippen molar-refractivity contribution in [1.82, 2.24) is 0 Å². The summed E-state index contributed by atoms with van der Waals surface area (Å²) in [6, 6.07) is 13.5. The first-order valence-corrected chi connectivity index (χ1v) is 4.43. The van der Waals surface area contributed by atoms with Gasteiger partial charge in [0, 0.05) is 12.4 Å².